The van der Waals surface area contributed by atoms with E-state index in [0.29, 0.717) is 6.54 Å². The predicted octanol–water partition coefficient (Wildman–Crippen LogP) is 1.67. The topological polar surface area (TPSA) is 86.8 Å². The normalized spacial score (nSPS) is 18.6. The van der Waals surface area contributed by atoms with Gasteiger partial charge >= 0.3 is 0 Å². The minimum atomic E-state index is -0.609. The van der Waals surface area contributed by atoms with Crippen molar-refractivity contribution in [2.45, 2.75) is 19.9 Å². The minimum Gasteiger partial charge on any atom is -0.338 e. The van der Waals surface area contributed by atoms with Gasteiger partial charge in [0.2, 0.25) is 11.8 Å². The number of imide groups is 1. The van der Waals surface area contributed by atoms with Gasteiger partial charge in [-0.05, 0) is 24.6 Å². The van der Waals surface area contributed by atoms with Crippen LogP contribution in [0.5, 0.6) is 0 Å². The highest BCUT2D eigenvalue weighted by molar-refractivity contribution is 6.21. The van der Waals surface area contributed by atoms with Gasteiger partial charge in [-0.2, -0.15) is 5.01 Å². The molecule has 1 fully saturated rings. The molecule has 0 aromatic heterocycles. The third-order valence-corrected chi connectivity index (χ3v) is 5.10. The molecule has 0 aliphatic carbocycles. The standard InChI is InChI=1S/C21H19N3O4/c1-13-6-8-14(9-7-13)11-23-12-15(10-18(23)25)19(26)22-24-20(27)16-4-2-3-5-17(16)21(24)28/h2-9,15H,10-12H2,1H3,(H,22,26)/t15-/m1/s1. The second-order valence-corrected chi connectivity index (χ2v) is 7.13. The number of aryl methyl sites for hydroxylation is 1. The lowest BCUT2D eigenvalue weighted by Crippen LogP contribution is -2.48. The largest absolute Gasteiger partial charge is 0.338 e. The van der Waals surface area contributed by atoms with Gasteiger partial charge < -0.3 is 4.90 Å². The summed E-state index contributed by atoms with van der Waals surface area (Å²) in [5.74, 6) is -2.36. The Morgan fingerprint density at radius 1 is 1.00 bits per heavy atom. The molecular weight excluding hydrogens is 358 g/mol. The van der Waals surface area contributed by atoms with Gasteiger partial charge in [-0.1, -0.05) is 42.0 Å². The van der Waals surface area contributed by atoms with Crippen LogP contribution < -0.4 is 5.43 Å². The molecule has 2 aromatic carbocycles. The van der Waals surface area contributed by atoms with Crippen molar-refractivity contribution < 1.29 is 19.2 Å². The minimum absolute atomic E-state index is 0.0564. The SMILES string of the molecule is Cc1ccc(CN2C[C@H](C(=O)NN3C(=O)c4ccccc4C3=O)CC2=O)cc1. The number of hydrogen-bond donors (Lipinski definition) is 1. The summed E-state index contributed by atoms with van der Waals surface area (Å²) in [4.78, 5) is 51.3. The molecule has 142 valence electrons. The van der Waals surface area contributed by atoms with E-state index in [1.165, 1.54) is 0 Å². The Morgan fingerprint density at radius 3 is 2.21 bits per heavy atom. The zero-order valence-electron chi connectivity index (χ0n) is 15.3. The summed E-state index contributed by atoms with van der Waals surface area (Å²) in [7, 11) is 0. The van der Waals surface area contributed by atoms with Gasteiger partial charge in [0.05, 0.1) is 17.0 Å². The third kappa shape index (κ3) is 3.15. The number of fused-ring (bicyclic) bond motifs is 1. The van der Waals surface area contributed by atoms with Gasteiger partial charge in [-0.25, -0.2) is 0 Å². The van der Waals surface area contributed by atoms with Crippen LogP contribution in [0.25, 0.3) is 0 Å². The van der Waals surface area contributed by atoms with Gasteiger partial charge in [-0.3, -0.25) is 24.6 Å². The molecule has 2 aliphatic heterocycles. The second-order valence-electron chi connectivity index (χ2n) is 7.13. The van der Waals surface area contributed by atoms with E-state index >= 15 is 0 Å². The van der Waals surface area contributed by atoms with Crippen LogP contribution in [-0.2, 0) is 16.1 Å². The monoisotopic (exact) mass is 377 g/mol. The van der Waals surface area contributed by atoms with E-state index in [-0.39, 0.29) is 30.0 Å². The van der Waals surface area contributed by atoms with Crippen molar-refractivity contribution in [2.75, 3.05) is 6.54 Å². The number of hydrogen-bond acceptors (Lipinski definition) is 4. The summed E-state index contributed by atoms with van der Waals surface area (Å²) < 4.78 is 0. The van der Waals surface area contributed by atoms with Gasteiger partial charge in [0.1, 0.15) is 0 Å². The molecule has 0 radical (unpaired) electrons. The first-order valence-corrected chi connectivity index (χ1v) is 9.05. The second kappa shape index (κ2) is 6.92. The molecule has 4 amide bonds. The van der Waals surface area contributed by atoms with Crippen LogP contribution in [0, 0.1) is 12.8 Å². The fraction of sp³-hybridized carbons (Fsp3) is 0.238. The van der Waals surface area contributed by atoms with E-state index in [4.69, 9.17) is 0 Å². The van der Waals surface area contributed by atoms with Gasteiger partial charge in [0, 0.05) is 19.5 Å². The number of nitrogens with one attached hydrogen (secondary N) is 1. The average molecular weight is 377 g/mol. The highest BCUT2D eigenvalue weighted by Crippen LogP contribution is 2.23. The van der Waals surface area contributed by atoms with Gasteiger partial charge in [0.15, 0.2) is 0 Å². The van der Waals surface area contributed by atoms with Crippen molar-refractivity contribution in [3.8, 4) is 0 Å². The van der Waals surface area contributed by atoms with Crippen LogP contribution in [0.4, 0.5) is 0 Å². The smallest absolute Gasteiger partial charge is 0.280 e. The van der Waals surface area contributed by atoms with E-state index in [9.17, 15) is 19.2 Å². The molecule has 28 heavy (non-hydrogen) atoms. The van der Waals surface area contributed by atoms with Crippen LogP contribution in [0.2, 0.25) is 0 Å². The summed E-state index contributed by atoms with van der Waals surface area (Å²) in [6, 6.07) is 14.3. The van der Waals surface area contributed by atoms with Crippen molar-refractivity contribution in [1.29, 1.82) is 0 Å². The Labute approximate surface area is 161 Å². The van der Waals surface area contributed by atoms with E-state index in [2.05, 4.69) is 5.43 Å². The third-order valence-electron chi connectivity index (χ3n) is 5.10. The molecule has 1 atom stereocenters. The zero-order chi connectivity index (χ0) is 19.8. The molecule has 1 N–H and O–H groups in total. The first-order valence-electron chi connectivity index (χ1n) is 9.05. The number of rotatable bonds is 4. The lowest BCUT2D eigenvalue weighted by atomic mass is 10.1. The number of benzene rings is 2. The molecule has 7 nitrogen and oxygen atoms in total. The number of nitrogens with zero attached hydrogens (tertiary/aromatic N) is 2. The average Bonchev–Trinajstić information content (AvgIpc) is 3.17. The number of hydrazine groups is 1. The van der Waals surface area contributed by atoms with E-state index in [1.807, 2.05) is 31.2 Å². The Bertz CT molecular complexity index is 948. The molecule has 7 heteroatoms. The Hall–Kier alpha value is -3.48. The van der Waals surface area contributed by atoms with Crippen molar-refractivity contribution in [2.24, 2.45) is 5.92 Å². The molecule has 0 saturated carbocycles. The summed E-state index contributed by atoms with van der Waals surface area (Å²) in [5, 5.41) is 0.736. The molecule has 2 aromatic rings. The number of carbonyl (C=O) groups is 4. The van der Waals surface area contributed by atoms with Crippen LogP contribution >= 0.6 is 0 Å². The Kier molecular flexibility index (Phi) is 4.43. The number of carbonyl (C=O) groups excluding carboxylic acids is 4. The molecule has 1 saturated heterocycles. The zero-order valence-corrected chi connectivity index (χ0v) is 15.3. The molecular formula is C21H19N3O4. The maximum absolute atomic E-state index is 12.6. The summed E-state index contributed by atoms with van der Waals surface area (Å²) in [6.07, 6.45) is 0.0564. The van der Waals surface area contributed by atoms with E-state index in [1.54, 1.807) is 29.2 Å². The first-order chi connectivity index (χ1) is 13.4. The number of likely N-dealkylation sites (tertiary alicyclic amines) is 1. The van der Waals surface area contributed by atoms with Crippen molar-refractivity contribution in [3.63, 3.8) is 0 Å². The Morgan fingerprint density at radius 2 is 1.61 bits per heavy atom. The summed E-state index contributed by atoms with van der Waals surface area (Å²) >= 11 is 0. The maximum Gasteiger partial charge on any atom is 0.280 e. The molecule has 2 aliphatic rings. The maximum atomic E-state index is 12.6. The molecule has 0 bridgehead atoms. The van der Waals surface area contributed by atoms with Crippen LogP contribution in [-0.4, -0.2) is 40.1 Å². The molecule has 0 unspecified atom stereocenters. The fourth-order valence-corrected chi connectivity index (χ4v) is 3.51. The Balaban J connectivity index is 1.41. The van der Waals surface area contributed by atoms with E-state index in [0.717, 1.165) is 16.1 Å². The van der Waals surface area contributed by atoms with Crippen LogP contribution in [0.1, 0.15) is 38.3 Å². The quantitative estimate of drug-likeness (QED) is 0.821. The van der Waals surface area contributed by atoms with Crippen molar-refractivity contribution in [3.05, 3.63) is 70.8 Å². The lowest BCUT2D eigenvalue weighted by molar-refractivity contribution is -0.130. The highest BCUT2D eigenvalue weighted by Gasteiger charge is 2.40. The molecule has 2 heterocycles. The first kappa shape index (κ1) is 17.9. The van der Waals surface area contributed by atoms with Crippen LogP contribution in [0.3, 0.4) is 0 Å². The van der Waals surface area contributed by atoms with Gasteiger partial charge in [0.25, 0.3) is 11.8 Å². The lowest BCUT2D eigenvalue weighted by Gasteiger charge is -2.19. The van der Waals surface area contributed by atoms with Gasteiger partial charge in [-0.15, -0.1) is 0 Å². The molecule has 4 rings (SSSR count). The summed E-state index contributed by atoms with van der Waals surface area (Å²) in [6.45, 7) is 2.67. The molecule has 0 spiro atoms. The highest BCUT2D eigenvalue weighted by atomic mass is 16.2. The van der Waals surface area contributed by atoms with E-state index < -0.39 is 23.6 Å². The fourth-order valence-electron chi connectivity index (χ4n) is 3.51. The van der Waals surface area contributed by atoms with Crippen LogP contribution in [0.15, 0.2) is 48.5 Å². The predicted molar refractivity (Wildman–Crippen MR) is 99.8 cm³/mol. The number of amides is 4. The van der Waals surface area contributed by atoms with Crippen molar-refractivity contribution in [1.82, 2.24) is 15.3 Å². The summed E-state index contributed by atoms with van der Waals surface area (Å²) in [5.41, 5.74) is 5.04. The van der Waals surface area contributed by atoms with Crippen molar-refractivity contribution >= 4 is 23.6 Å².